The lowest BCUT2D eigenvalue weighted by atomic mass is 9.96. The van der Waals surface area contributed by atoms with E-state index in [1.54, 1.807) is 13.4 Å². The van der Waals surface area contributed by atoms with Crippen molar-refractivity contribution in [3.05, 3.63) is 77.6 Å². The van der Waals surface area contributed by atoms with Crippen LogP contribution in [-0.4, -0.2) is 69.5 Å². The van der Waals surface area contributed by atoms with E-state index in [0.717, 1.165) is 23.1 Å². The fraction of sp³-hybridized carbons (Fsp3) is 0.346. The molecule has 6 rings (SSSR count). The van der Waals surface area contributed by atoms with Crippen LogP contribution < -0.4 is 4.74 Å². The third-order valence-electron chi connectivity index (χ3n) is 6.87. The van der Waals surface area contributed by atoms with Crippen molar-refractivity contribution in [2.45, 2.75) is 24.7 Å². The quantitative estimate of drug-likeness (QED) is 0.563. The van der Waals surface area contributed by atoms with Crippen LogP contribution in [0.2, 0.25) is 0 Å². The number of benzene rings is 1. The van der Waals surface area contributed by atoms with Gasteiger partial charge in [-0.15, -0.1) is 0 Å². The summed E-state index contributed by atoms with van der Waals surface area (Å²) >= 11 is 0. The number of morpholine rings is 1. The van der Waals surface area contributed by atoms with Crippen LogP contribution in [0.25, 0.3) is 11.8 Å². The Morgan fingerprint density at radius 3 is 2.81 bits per heavy atom. The maximum absolute atomic E-state index is 13.6. The monoisotopic (exact) mass is 507 g/mol. The summed E-state index contributed by atoms with van der Waals surface area (Å²) in [5.74, 6) is 1.04. The van der Waals surface area contributed by atoms with Gasteiger partial charge < -0.3 is 28.7 Å². The molecular weight excluding hydrogens is 481 g/mol. The minimum Gasteiger partial charge on any atom is -0.495 e. The van der Waals surface area contributed by atoms with Crippen LogP contribution in [0.5, 0.6) is 5.75 Å². The Balaban J connectivity index is 1.40. The normalized spacial score (nSPS) is 25.7. The number of imidazole rings is 1. The summed E-state index contributed by atoms with van der Waals surface area (Å²) in [7, 11) is 1.61. The molecule has 2 unspecified atom stereocenters. The fourth-order valence-corrected chi connectivity index (χ4v) is 4.94. The highest BCUT2D eigenvalue weighted by molar-refractivity contribution is 6.02. The predicted molar refractivity (Wildman–Crippen MR) is 130 cm³/mol. The van der Waals surface area contributed by atoms with Gasteiger partial charge in [0.25, 0.3) is 5.72 Å². The number of hydrogen-bond donors (Lipinski definition) is 1. The molecule has 0 radical (unpaired) electrons. The van der Waals surface area contributed by atoms with E-state index < -0.39 is 23.8 Å². The molecule has 0 aliphatic carbocycles. The molecule has 11 heteroatoms. The number of ether oxygens (including phenoxy) is 3. The van der Waals surface area contributed by atoms with Crippen LogP contribution in [0.1, 0.15) is 23.4 Å². The number of rotatable bonds is 5. The number of oxime groups is 1. The van der Waals surface area contributed by atoms with Gasteiger partial charge in [-0.2, -0.15) is 0 Å². The molecule has 37 heavy (non-hydrogen) atoms. The first-order chi connectivity index (χ1) is 17.9. The first-order valence-electron chi connectivity index (χ1n) is 11.9. The van der Waals surface area contributed by atoms with E-state index in [2.05, 4.69) is 15.1 Å². The van der Waals surface area contributed by atoms with E-state index in [1.807, 2.05) is 46.9 Å². The van der Waals surface area contributed by atoms with E-state index in [1.165, 1.54) is 12.1 Å². The second-order valence-electron chi connectivity index (χ2n) is 9.35. The average Bonchev–Trinajstić information content (AvgIpc) is 3.64. The van der Waals surface area contributed by atoms with E-state index in [0.29, 0.717) is 49.2 Å². The molecule has 192 valence electrons. The lowest BCUT2D eigenvalue weighted by Crippen LogP contribution is -2.60. The van der Waals surface area contributed by atoms with Crippen molar-refractivity contribution in [1.82, 2.24) is 19.4 Å². The SMILES string of the molecule is COc1cc(/C=C2\OC3(CCOC3)CN3C2=NOC3(CO)c2ccc(F)cn2)ccc1-n1cnc(C)c1. The fourth-order valence-electron chi connectivity index (χ4n) is 4.94. The van der Waals surface area contributed by atoms with Gasteiger partial charge in [0.2, 0.25) is 5.84 Å². The Hall–Kier alpha value is -3.96. The van der Waals surface area contributed by atoms with Gasteiger partial charge in [-0.1, -0.05) is 11.2 Å². The van der Waals surface area contributed by atoms with Crippen molar-refractivity contribution in [1.29, 1.82) is 0 Å². The Bertz CT molecular complexity index is 1380. The van der Waals surface area contributed by atoms with Gasteiger partial charge in [0, 0.05) is 12.6 Å². The first kappa shape index (κ1) is 23.4. The third kappa shape index (κ3) is 3.91. The molecule has 3 aromatic rings. The van der Waals surface area contributed by atoms with E-state index in [4.69, 9.17) is 19.0 Å². The molecule has 3 aliphatic rings. The lowest BCUT2D eigenvalue weighted by Gasteiger charge is -2.45. The Morgan fingerprint density at radius 1 is 1.24 bits per heavy atom. The molecule has 2 fully saturated rings. The number of amidine groups is 1. The second kappa shape index (κ2) is 8.86. The zero-order valence-electron chi connectivity index (χ0n) is 20.4. The predicted octanol–water partition coefficient (Wildman–Crippen LogP) is 2.74. The highest BCUT2D eigenvalue weighted by Crippen LogP contribution is 2.44. The van der Waals surface area contributed by atoms with Crippen molar-refractivity contribution in [2.24, 2.45) is 5.16 Å². The zero-order valence-corrected chi connectivity index (χ0v) is 20.4. The highest BCUT2D eigenvalue weighted by atomic mass is 19.1. The largest absolute Gasteiger partial charge is 0.495 e. The number of methoxy groups -OCH3 is 1. The van der Waals surface area contributed by atoms with Gasteiger partial charge in [-0.3, -0.25) is 9.88 Å². The van der Waals surface area contributed by atoms with Crippen molar-refractivity contribution < 1.29 is 28.5 Å². The number of pyridine rings is 1. The molecule has 3 aliphatic heterocycles. The number of nitrogens with zero attached hydrogens (tertiary/aromatic N) is 5. The number of fused-ring (bicyclic) bond motifs is 1. The molecule has 1 aromatic carbocycles. The number of aryl methyl sites for hydroxylation is 1. The van der Waals surface area contributed by atoms with Crippen LogP contribution >= 0.6 is 0 Å². The van der Waals surface area contributed by atoms with Gasteiger partial charge in [-0.25, -0.2) is 9.37 Å². The van der Waals surface area contributed by atoms with Gasteiger partial charge in [-0.05, 0) is 42.8 Å². The number of halogens is 1. The summed E-state index contributed by atoms with van der Waals surface area (Å²) < 4.78 is 33.4. The average molecular weight is 508 g/mol. The topological polar surface area (TPSA) is 103 Å². The number of aromatic nitrogens is 3. The number of aliphatic hydroxyl groups is 1. The maximum atomic E-state index is 13.6. The van der Waals surface area contributed by atoms with Crippen molar-refractivity contribution in [2.75, 3.05) is 33.5 Å². The van der Waals surface area contributed by atoms with Crippen molar-refractivity contribution in [3.8, 4) is 11.4 Å². The first-order valence-corrected chi connectivity index (χ1v) is 11.9. The summed E-state index contributed by atoms with van der Waals surface area (Å²) in [6.45, 7) is 2.74. The van der Waals surface area contributed by atoms with Crippen molar-refractivity contribution in [3.63, 3.8) is 0 Å². The van der Waals surface area contributed by atoms with Crippen LogP contribution in [-0.2, 0) is 20.0 Å². The summed E-state index contributed by atoms with van der Waals surface area (Å²) in [4.78, 5) is 16.2. The van der Waals surface area contributed by atoms with Crippen LogP contribution in [0.15, 0.2) is 60.0 Å². The minimum absolute atomic E-state index is 0.340. The van der Waals surface area contributed by atoms with Crippen LogP contribution in [0.4, 0.5) is 4.39 Å². The summed E-state index contributed by atoms with van der Waals surface area (Å²) in [5, 5.41) is 14.8. The second-order valence-corrected chi connectivity index (χ2v) is 9.35. The Labute approximate surface area is 212 Å². The molecule has 2 saturated heterocycles. The molecule has 0 bridgehead atoms. The van der Waals surface area contributed by atoms with E-state index in [9.17, 15) is 9.50 Å². The summed E-state index contributed by atoms with van der Waals surface area (Å²) in [6, 6.07) is 8.55. The molecule has 0 saturated carbocycles. The maximum Gasteiger partial charge on any atom is 0.277 e. The molecule has 1 spiro atoms. The van der Waals surface area contributed by atoms with Gasteiger partial charge >= 0.3 is 0 Å². The molecule has 2 aromatic heterocycles. The smallest absolute Gasteiger partial charge is 0.277 e. The minimum atomic E-state index is -1.41. The standard InChI is InChI=1S/C26H26FN5O5/c1-17-12-31(16-29-17)20-5-3-18(9-21(20)34-2)10-22-24-30-37-26(14-33,23-6-4-19(27)11-28-23)32(24)13-25(36-22)7-8-35-15-25/h3-6,9-12,16,33H,7-8,13-15H2,1-2H3/b22-10-. The highest BCUT2D eigenvalue weighted by Gasteiger charge is 2.57. The van der Waals surface area contributed by atoms with E-state index in [-0.39, 0.29) is 0 Å². The van der Waals surface area contributed by atoms with Crippen molar-refractivity contribution >= 4 is 11.9 Å². The number of aliphatic hydroxyl groups excluding tert-OH is 1. The Morgan fingerprint density at radius 2 is 2.14 bits per heavy atom. The third-order valence-corrected chi connectivity index (χ3v) is 6.87. The number of hydrogen-bond acceptors (Lipinski definition) is 9. The summed E-state index contributed by atoms with van der Waals surface area (Å²) in [5.41, 5.74) is 0.815. The lowest BCUT2D eigenvalue weighted by molar-refractivity contribution is -0.161. The van der Waals surface area contributed by atoms with E-state index >= 15 is 0 Å². The Kier molecular flexibility index (Phi) is 5.61. The van der Waals surface area contributed by atoms with Crippen LogP contribution in [0, 0.1) is 12.7 Å². The van der Waals surface area contributed by atoms with Crippen LogP contribution in [0.3, 0.4) is 0 Å². The molecule has 1 N–H and O–H groups in total. The van der Waals surface area contributed by atoms with Gasteiger partial charge in [0.15, 0.2) is 11.4 Å². The molecule has 0 amide bonds. The molecular formula is C26H26FN5O5. The van der Waals surface area contributed by atoms with Gasteiger partial charge in [0.1, 0.15) is 23.9 Å². The molecule has 10 nitrogen and oxygen atoms in total. The molecule has 2 atom stereocenters. The summed E-state index contributed by atoms with van der Waals surface area (Å²) in [6.07, 6.45) is 7.25. The zero-order chi connectivity index (χ0) is 25.6. The van der Waals surface area contributed by atoms with Gasteiger partial charge in [0.05, 0.1) is 50.8 Å². The molecule has 5 heterocycles.